The number of carbonyl (C=O) groups excluding carboxylic acids is 1. The van der Waals surface area contributed by atoms with Gasteiger partial charge in [0.2, 0.25) is 5.78 Å². The van der Waals surface area contributed by atoms with Gasteiger partial charge in [-0.05, 0) is 43.4 Å². The van der Waals surface area contributed by atoms with E-state index in [1.54, 1.807) is 0 Å². The number of aryl methyl sites for hydroxylation is 1. The van der Waals surface area contributed by atoms with Crippen LogP contribution in [0.3, 0.4) is 0 Å². The molecular formula is C22H23ClN4O2S. The second kappa shape index (κ2) is 8.79. The maximum absolute atomic E-state index is 13.2. The molecular weight excluding hydrogens is 420 g/mol. The number of anilines is 1. The fraction of sp³-hybridized carbons (Fsp3) is 0.364. The van der Waals surface area contributed by atoms with Gasteiger partial charge in [0, 0.05) is 28.6 Å². The SMILES string of the molecule is Cc1sc(C(=O)c2cncnc2N[C@@H]2C[C@@H](C)[C@@H](O)C2)nc1Cc1cccc(Cl)c1. The van der Waals surface area contributed by atoms with Crippen molar-refractivity contribution in [1.82, 2.24) is 15.0 Å². The number of aromatic nitrogens is 3. The van der Waals surface area contributed by atoms with Crippen molar-refractivity contribution in [2.45, 2.75) is 45.3 Å². The van der Waals surface area contributed by atoms with Gasteiger partial charge in [-0.15, -0.1) is 11.3 Å². The minimum atomic E-state index is -0.334. The van der Waals surface area contributed by atoms with Crippen LogP contribution in [0.15, 0.2) is 36.8 Å². The van der Waals surface area contributed by atoms with E-state index >= 15 is 0 Å². The number of thiazole rings is 1. The van der Waals surface area contributed by atoms with Crippen LogP contribution in [0, 0.1) is 12.8 Å². The lowest BCUT2D eigenvalue weighted by molar-refractivity contribution is 0.103. The molecule has 156 valence electrons. The molecule has 3 atom stereocenters. The molecule has 4 rings (SSSR count). The van der Waals surface area contributed by atoms with E-state index in [1.807, 2.05) is 38.1 Å². The summed E-state index contributed by atoms with van der Waals surface area (Å²) in [5, 5.41) is 14.4. The van der Waals surface area contributed by atoms with Gasteiger partial charge < -0.3 is 10.4 Å². The minimum Gasteiger partial charge on any atom is -0.393 e. The summed E-state index contributed by atoms with van der Waals surface area (Å²) >= 11 is 7.46. The number of nitrogens with zero attached hydrogens (tertiary/aromatic N) is 3. The monoisotopic (exact) mass is 442 g/mol. The molecule has 0 unspecified atom stereocenters. The first-order chi connectivity index (χ1) is 14.4. The first-order valence-corrected chi connectivity index (χ1v) is 11.1. The minimum absolute atomic E-state index is 0.0767. The number of hydrogen-bond acceptors (Lipinski definition) is 7. The molecule has 2 N–H and O–H groups in total. The molecule has 2 heterocycles. The van der Waals surface area contributed by atoms with Crippen LogP contribution in [0.4, 0.5) is 5.82 Å². The number of halogens is 1. The summed E-state index contributed by atoms with van der Waals surface area (Å²) < 4.78 is 0. The third kappa shape index (κ3) is 4.53. The summed E-state index contributed by atoms with van der Waals surface area (Å²) in [5.74, 6) is 0.514. The van der Waals surface area contributed by atoms with Gasteiger partial charge >= 0.3 is 0 Å². The summed E-state index contributed by atoms with van der Waals surface area (Å²) in [6.07, 6.45) is 4.70. The van der Waals surface area contributed by atoms with Gasteiger partial charge in [0.25, 0.3) is 0 Å². The third-order valence-corrected chi connectivity index (χ3v) is 6.73. The molecule has 1 aromatic carbocycles. The highest BCUT2D eigenvalue weighted by molar-refractivity contribution is 7.13. The van der Waals surface area contributed by atoms with Gasteiger partial charge in [-0.1, -0.05) is 30.7 Å². The van der Waals surface area contributed by atoms with Crippen LogP contribution >= 0.6 is 22.9 Å². The summed E-state index contributed by atoms with van der Waals surface area (Å²) in [5.41, 5.74) is 2.31. The van der Waals surface area contributed by atoms with Gasteiger partial charge in [0.15, 0.2) is 5.01 Å². The smallest absolute Gasteiger partial charge is 0.226 e. The van der Waals surface area contributed by atoms with Crippen LogP contribution < -0.4 is 5.32 Å². The van der Waals surface area contributed by atoms with Crippen LogP contribution in [0.2, 0.25) is 5.02 Å². The zero-order valence-corrected chi connectivity index (χ0v) is 18.4. The van der Waals surface area contributed by atoms with Crippen LogP contribution in [0.1, 0.15) is 51.3 Å². The van der Waals surface area contributed by atoms with Crippen molar-refractivity contribution >= 4 is 34.5 Å². The standard InChI is InChI=1S/C22H23ClN4O2S/c1-12-6-16(9-19(12)28)26-21-17(10-24-11-25-21)20(29)22-27-18(13(2)30-22)8-14-4-3-5-15(23)7-14/h3-5,7,10-12,16,19,28H,6,8-9H2,1-2H3,(H,24,25,26)/t12-,16-,19+/m1/s1. The van der Waals surface area contributed by atoms with Crippen molar-refractivity contribution in [3.63, 3.8) is 0 Å². The number of aliphatic hydroxyl groups is 1. The Balaban J connectivity index is 1.55. The maximum Gasteiger partial charge on any atom is 0.226 e. The molecule has 1 aliphatic rings. The first kappa shape index (κ1) is 20.9. The van der Waals surface area contributed by atoms with Crippen molar-refractivity contribution in [2.75, 3.05) is 5.32 Å². The van der Waals surface area contributed by atoms with E-state index in [-0.39, 0.29) is 23.8 Å². The van der Waals surface area contributed by atoms with Crippen LogP contribution in [-0.4, -0.2) is 38.0 Å². The molecule has 1 fully saturated rings. The Kier molecular flexibility index (Phi) is 6.13. The lowest BCUT2D eigenvalue weighted by Gasteiger charge is -2.14. The second-order valence-corrected chi connectivity index (χ2v) is 9.44. The van der Waals surface area contributed by atoms with Crippen LogP contribution in [-0.2, 0) is 6.42 Å². The molecule has 0 spiro atoms. The predicted molar refractivity (Wildman–Crippen MR) is 118 cm³/mol. The Bertz CT molecular complexity index is 1060. The molecule has 0 amide bonds. The van der Waals surface area contributed by atoms with Crippen molar-refractivity contribution in [1.29, 1.82) is 0 Å². The lowest BCUT2D eigenvalue weighted by atomic mass is 10.1. The molecule has 2 aromatic heterocycles. The highest BCUT2D eigenvalue weighted by atomic mass is 35.5. The Morgan fingerprint density at radius 2 is 2.20 bits per heavy atom. The summed E-state index contributed by atoms with van der Waals surface area (Å²) in [4.78, 5) is 27.1. The second-order valence-electron chi connectivity index (χ2n) is 7.80. The third-order valence-electron chi connectivity index (χ3n) is 5.48. The zero-order valence-electron chi connectivity index (χ0n) is 16.8. The Labute approximate surface area is 184 Å². The molecule has 3 aromatic rings. The molecule has 0 saturated heterocycles. The molecule has 8 heteroatoms. The van der Waals surface area contributed by atoms with Crippen molar-refractivity contribution in [3.8, 4) is 0 Å². The van der Waals surface area contributed by atoms with Gasteiger partial charge in [0.1, 0.15) is 12.1 Å². The van der Waals surface area contributed by atoms with E-state index in [2.05, 4.69) is 20.3 Å². The quantitative estimate of drug-likeness (QED) is 0.554. The molecule has 0 aliphatic heterocycles. The zero-order chi connectivity index (χ0) is 21.3. The van der Waals surface area contributed by atoms with E-state index in [0.717, 1.165) is 22.6 Å². The van der Waals surface area contributed by atoms with Crippen molar-refractivity contribution < 1.29 is 9.90 Å². The van der Waals surface area contributed by atoms with Crippen LogP contribution in [0.5, 0.6) is 0 Å². The van der Waals surface area contributed by atoms with E-state index < -0.39 is 0 Å². The van der Waals surface area contributed by atoms with Crippen LogP contribution in [0.25, 0.3) is 0 Å². The van der Waals surface area contributed by atoms with E-state index in [0.29, 0.717) is 34.3 Å². The van der Waals surface area contributed by atoms with Crippen molar-refractivity contribution in [3.05, 3.63) is 68.5 Å². The first-order valence-electron chi connectivity index (χ1n) is 9.90. The number of rotatable bonds is 6. The molecule has 0 bridgehead atoms. The fourth-order valence-corrected chi connectivity index (χ4v) is 4.89. The maximum atomic E-state index is 13.2. The normalized spacial score (nSPS) is 21.0. The molecule has 1 aliphatic carbocycles. The average Bonchev–Trinajstić information content (AvgIpc) is 3.23. The lowest BCUT2D eigenvalue weighted by Crippen LogP contribution is -2.20. The molecule has 30 heavy (non-hydrogen) atoms. The topological polar surface area (TPSA) is 88.0 Å². The molecule has 1 saturated carbocycles. The average molecular weight is 443 g/mol. The van der Waals surface area contributed by atoms with Gasteiger partial charge in [-0.3, -0.25) is 4.79 Å². The molecule has 0 radical (unpaired) electrons. The Hall–Kier alpha value is -2.35. The highest BCUT2D eigenvalue weighted by Crippen LogP contribution is 2.30. The fourth-order valence-electron chi connectivity index (χ4n) is 3.79. The summed E-state index contributed by atoms with van der Waals surface area (Å²) in [6, 6.07) is 7.73. The number of benzene rings is 1. The predicted octanol–water partition coefficient (Wildman–Crippen LogP) is 4.29. The Morgan fingerprint density at radius 3 is 2.93 bits per heavy atom. The largest absolute Gasteiger partial charge is 0.393 e. The van der Waals surface area contributed by atoms with Gasteiger partial charge in [-0.2, -0.15) is 0 Å². The Morgan fingerprint density at radius 1 is 1.37 bits per heavy atom. The van der Waals surface area contributed by atoms with Gasteiger partial charge in [0.05, 0.1) is 17.4 Å². The number of hydrogen-bond donors (Lipinski definition) is 2. The number of nitrogens with one attached hydrogen (secondary N) is 1. The van der Waals surface area contributed by atoms with Gasteiger partial charge in [-0.25, -0.2) is 15.0 Å². The number of ketones is 1. The van der Waals surface area contributed by atoms with E-state index in [4.69, 9.17) is 11.6 Å². The number of aliphatic hydroxyl groups excluding tert-OH is 1. The molecule has 6 nitrogen and oxygen atoms in total. The van der Waals surface area contributed by atoms with Crippen molar-refractivity contribution in [2.24, 2.45) is 5.92 Å². The number of carbonyl (C=O) groups is 1. The summed E-state index contributed by atoms with van der Waals surface area (Å²) in [7, 11) is 0. The van der Waals surface area contributed by atoms with E-state index in [1.165, 1.54) is 23.9 Å². The highest BCUT2D eigenvalue weighted by Gasteiger charge is 2.31. The summed E-state index contributed by atoms with van der Waals surface area (Å²) in [6.45, 7) is 3.99. The van der Waals surface area contributed by atoms with E-state index in [9.17, 15) is 9.90 Å².